The lowest BCUT2D eigenvalue weighted by atomic mass is 10.0. The van der Waals surface area contributed by atoms with Gasteiger partial charge in [-0.2, -0.15) is 0 Å². The van der Waals surface area contributed by atoms with Crippen molar-refractivity contribution < 1.29 is 18.7 Å². The molecule has 0 saturated heterocycles. The molecule has 25 heavy (non-hydrogen) atoms. The number of hydrogen-bond donors (Lipinski definition) is 1. The summed E-state index contributed by atoms with van der Waals surface area (Å²) in [6.45, 7) is 1.71. The van der Waals surface area contributed by atoms with Crippen LogP contribution in [-0.2, 0) is 4.74 Å². The number of esters is 1. The fourth-order valence-electron chi connectivity index (χ4n) is 2.39. The fraction of sp³-hybridized carbons (Fsp3) is 0.111. The number of furan rings is 1. The molecule has 7 heteroatoms. The number of nitrogens with one attached hydrogen (secondary N) is 1. The molecule has 1 aromatic carbocycles. The molecule has 0 unspecified atom stereocenters. The predicted molar refractivity (Wildman–Crippen MR) is 100 cm³/mol. The highest BCUT2D eigenvalue weighted by molar-refractivity contribution is 9.10. The molecule has 0 atom stereocenters. The van der Waals surface area contributed by atoms with E-state index in [4.69, 9.17) is 9.15 Å². The van der Waals surface area contributed by atoms with Crippen LogP contribution in [0, 0.1) is 6.92 Å². The normalized spacial score (nSPS) is 10.5. The fourth-order valence-corrected chi connectivity index (χ4v) is 3.60. The predicted octanol–water partition coefficient (Wildman–Crippen LogP) is 5.12. The summed E-state index contributed by atoms with van der Waals surface area (Å²) >= 11 is 4.67. The highest BCUT2D eigenvalue weighted by Crippen LogP contribution is 2.37. The first-order valence-corrected chi connectivity index (χ1v) is 8.99. The number of amides is 1. The second-order valence-corrected chi connectivity index (χ2v) is 6.99. The summed E-state index contributed by atoms with van der Waals surface area (Å²) in [4.78, 5) is 24.7. The molecule has 0 radical (unpaired) electrons. The summed E-state index contributed by atoms with van der Waals surface area (Å²) < 4.78 is 11.0. The van der Waals surface area contributed by atoms with E-state index in [1.165, 1.54) is 24.7 Å². The van der Waals surface area contributed by atoms with Crippen LogP contribution in [0.25, 0.3) is 11.1 Å². The smallest absolute Gasteiger partial charge is 0.341 e. The van der Waals surface area contributed by atoms with Gasteiger partial charge in [-0.25, -0.2) is 4.79 Å². The quantitative estimate of drug-likeness (QED) is 0.595. The molecule has 3 aromatic rings. The number of carbonyl (C=O) groups is 2. The van der Waals surface area contributed by atoms with E-state index in [1.54, 1.807) is 13.0 Å². The van der Waals surface area contributed by atoms with Crippen LogP contribution in [0.3, 0.4) is 0 Å². The van der Waals surface area contributed by atoms with Crippen molar-refractivity contribution in [3.8, 4) is 11.1 Å². The monoisotopic (exact) mass is 419 g/mol. The SMILES string of the molecule is COC(=O)c1c(-c2ccc(Br)cc2)csc1NC(=O)c1ccoc1C. The Balaban J connectivity index is 2.00. The molecule has 0 aliphatic rings. The van der Waals surface area contributed by atoms with Crippen LogP contribution in [0.15, 0.2) is 50.9 Å². The molecule has 0 bridgehead atoms. The number of halogens is 1. The van der Waals surface area contributed by atoms with Crippen molar-refractivity contribution in [3.63, 3.8) is 0 Å². The molecule has 2 aromatic heterocycles. The van der Waals surface area contributed by atoms with Gasteiger partial charge in [-0.1, -0.05) is 28.1 Å². The number of thiophene rings is 1. The number of carbonyl (C=O) groups excluding carboxylic acids is 2. The van der Waals surface area contributed by atoms with E-state index >= 15 is 0 Å². The lowest BCUT2D eigenvalue weighted by molar-refractivity contribution is 0.0603. The van der Waals surface area contributed by atoms with Crippen molar-refractivity contribution in [2.24, 2.45) is 0 Å². The maximum absolute atomic E-state index is 12.4. The Morgan fingerprint density at radius 2 is 1.92 bits per heavy atom. The van der Waals surface area contributed by atoms with E-state index in [2.05, 4.69) is 21.2 Å². The van der Waals surface area contributed by atoms with Crippen LogP contribution in [0.1, 0.15) is 26.5 Å². The highest BCUT2D eigenvalue weighted by Gasteiger charge is 2.23. The second-order valence-electron chi connectivity index (χ2n) is 5.20. The number of aryl methyl sites for hydroxylation is 1. The average molecular weight is 420 g/mol. The Hall–Kier alpha value is -2.38. The van der Waals surface area contributed by atoms with Gasteiger partial charge in [-0.15, -0.1) is 11.3 Å². The average Bonchev–Trinajstić information content (AvgIpc) is 3.21. The van der Waals surface area contributed by atoms with Crippen molar-refractivity contribution in [1.29, 1.82) is 0 Å². The molecule has 3 rings (SSSR count). The van der Waals surface area contributed by atoms with E-state index in [0.29, 0.717) is 27.5 Å². The summed E-state index contributed by atoms with van der Waals surface area (Å²) in [6.07, 6.45) is 1.45. The van der Waals surface area contributed by atoms with Crippen LogP contribution in [-0.4, -0.2) is 19.0 Å². The van der Waals surface area contributed by atoms with Gasteiger partial charge in [0.2, 0.25) is 0 Å². The largest absolute Gasteiger partial charge is 0.469 e. The standard InChI is InChI=1S/C18H14BrNO4S/c1-10-13(7-8-24-10)16(21)20-17-15(18(22)23-2)14(9-25-17)11-3-5-12(19)6-4-11/h3-9H,1-2H3,(H,20,21). The van der Waals surface area contributed by atoms with E-state index in [0.717, 1.165) is 10.0 Å². The summed E-state index contributed by atoms with van der Waals surface area (Å²) in [5.41, 5.74) is 2.34. The molecule has 1 amide bonds. The molecular weight excluding hydrogens is 406 g/mol. The number of hydrogen-bond acceptors (Lipinski definition) is 5. The minimum atomic E-state index is -0.501. The zero-order valence-corrected chi connectivity index (χ0v) is 15.9. The van der Waals surface area contributed by atoms with E-state index in [-0.39, 0.29) is 5.91 Å². The molecule has 0 saturated carbocycles. The van der Waals surface area contributed by atoms with Gasteiger partial charge in [0, 0.05) is 15.4 Å². The number of benzene rings is 1. The third-order valence-corrected chi connectivity index (χ3v) is 5.09. The molecular formula is C18H14BrNO4S. The summed E-state index contributed by atoms with van der Waals surface area (Å²) in [5.74, 6) is -0.319. The topological polar surface area (TPSA) is 68.5 Å². The first-order chi connectivity index (χ1) is 12.0. The Kier molecular flexibility index (Phi) is 5.06. The third kappa shape index (κ3) is 3.52. The lowest BCUT2D eigenvalue weighted by Crippen LogP contribution is -2.14. The first kappa shape index (κ1) is 17.4. The number of anilines is 1. The molecule has 0 fully saturated rings. The Labute approximate surface area is 156 Å². The maximum Gasteiger partial charge on any atom is 0.341 e. The van der Waals surface area contributed by atoms with Crippen molar-refractivity contribution in [3.05, 3.63) is 63.3 Å². The van der Waals surface area contributed by atoms with Gasteiger partial charge in [0.15, 0.2) is 0 Å². The summed E-state index contributed by atoms with van der Waals surface area (Å²) in [7, 11) is 1.32. The summed E-state index contributed by atoms with van der Waals surface area (Å²) in [5, 5.41) is 5.05. The number of methoxy groups -OCH3 is 1. The van der Waals surface area contributed by atoms with Gasteiger partial charge in [0.1, 0.15) is 16.3 Å². The van der Waals surface area contributed by atoms with Gasteiger partial charge < -0.3 is 14.5 Å². The van der Waals surface area contributed by atoms with Crippen LogP contribution < -0.4 is 5.32 Å². The third-order valence-electron chi connectivity index (χ3n) is 3.67. The number of rotatable bonds is 4. The summed E-state index contributed by atoms with van der Waals surface area (Å²) in [6, 6.07) is 9.16. The van der Waals surface area contributed by atoms with E-state index < -0.39 is 5.97 Å². The van der Waals surface area contributed by atoms with Crippen molar-refractivity contribution >= 4 is 44.1 Å². The van der Waals surface area contributed by atoms with Gasteiger partial charge in [0.25, 0.3) is 5.91 Å². The Morgan fingerprint density at radius 1 is 1.20 bits per heavy atom. The minimum Gasteiger partial charge on any atom is -0.469 e. The molecule has 0 aliphatic heterocycles. The zero-order chi connectivity index (χ0) is 18.0. The molecule has 1 N–H and O–H groups in total. The molecule has 2 heterocycles. The van der Waals surface area contributed by atoms with Gasteiger partial charge >= 0.3 is 5.97 Å². The Morgan fingerprint density at radius 3 is 2.52 bits per heavy atom. The zero-order valence-electron chi connectivity index (χ0n) is 13.5. The van der Waals surface area contributed by atoms with Crippen LogP contribution in [0.4, 0.5) is 5.00 Å². The highest BCUT2D eigenvalue weighted by atomic mass is 79.9. The van der Waals surface area contributed by atoms with E-state index in [9.17, 15) is 9.59 Å². The van der Waals surface area contributed by atoms with Gasteiger partial charge in [0.05, 0.1) is 18.9 Å². The van der Waals surface area contributed by atoms with Gasteiger partial charge in [-0.3, -0.25) is 4.79 Å². The Bertz CT molecular complexity index is 927. The maximum atomic E-state index is 12.4. The minimum absolute atomic E-state index is 0.333. The molecule has 5 nitrogen and oxygen atoms in total. The van der Waals surface area contributed by atoms with Crippen molar-refractivity contribution in [1.82, 2.24) is 0 Å². The first-order valence-electron chi connectivity index (χ1n) is 7.32. The number of ether oxygens (including phenoxy) is 1. The van der Waals surface area contributed by atoms with Crippen molar-refractivity contribution in [2.75, 3.05) is 12.4 Å². The van der Waals surface area contributed by atoms with E-state index in [1.807, 2.05) is 29.6 Å². The molecule has 0 aliphatic carbocycles. The second kappa shape index (κ2) is 7.25. The van der Waals surface area contributed by atoms with Gasteiger partial charge in [-0.05, 0) is 30.7 Å². The van der Waals surface area contributed by atoms with Crippen LogP contribution in [0.5, 0.6) is 0 Å². The van der Waals surface area contributed by atoms with Crippen LogP contribution >= 0.6 is 27.3 Å². The van der Waals surface area contributed by atoms with Crippen LogP contribution in [0.2, 0.25) is 0 Å². The molecule has 0 spiro atoms. The lowest BCUT2D eigenvalue weighted by Gasteiger charge is -2.07. The van der Waals surface area contributed by atoms with Crippen molar-refractivity contribution in [2.45, 2.75) is 6.92 Å². The molecule has 128 valence electrons.